The van der Waals surface area contributed by atoms with Crippen molar-refractivity contribution in [2.24, 2.45) is 50.7 Å². The van der Waals surface area contributed by atoms with Crippen molar-refractivity contribution in [3.05, 3.63) is 0 Å². The van der Waals surface area contributed by atoms with Gasteiger partial charge in [0.05, 0.1) is 17.8 Å². The van der Waals surface area contributed by atoms with Gasteiger partial charge in [0.2, 0.25) is 0 Å². The van der Waals surface area contributed by atoms with E-state index in [2.05, 4.69) is 46.9 Å². The summed E-state index contributed by atoms with van der Waals surface area (Å²) in [6.45, 7) is 17.6. The Morgan fingerprint density at radius 1 is 0.947 bits per heavy atom. The number of hydrogen-bond acceptors (Lipinski definition) is 6. The van der Waals surface area contributed by atoms with E-state index in [0.717, 1.165) is 12.8 Å². The third-order valence-electron chi connectivity index (χ3n) is 14.7. The van der Waals surface area contributed by atoms with Crippen molar-refractivity contribution < 1.29 is 24.8 Å². The quantitative estimate of drug-likeness (QED) is 0.417. The molecule has 5 aliphatic carbocycles. The van der Waals surface area contributed by atoms with Crippen molar-refractivity contribution in [2.75, 3.05) is 0 Å². The Hall–Kier alpha value is -0.240. The molecule has 6 nitrogen and oxygen atoms in total. The van der Waals surface area contributed by atoms with Crippen LogP contribution in [-0.4, -0.2) is 57.3 Å². The minimum absolute atomic E-state index is 0.0166. The Balaban J connectivity index is 1.32. The highest BCUT2D eigenvalue weighted by molar-refractivity contribution is 5.35. The van der Waals surface area contributed by atoms with E-state index in [1.165, 1.54) is 38.5 Å². The maximum absolute atomic E-state index is 11.2. The molecular formula is C32H53NO5. The number of aliphatic hydroxyl groups is 3. The molecule has 2 heterocycles. The average molecular weight is 532 g/mol. The van der Waals surface area contributed by atoms with Crippen LogP contribution >= 0.6 is 0 Å². The highest BCUT2D eigenvalue weighted by Gasteiger charge is 2.87. The summed E-state index contributed by atoms with van der Waals surface area (Å²) >= 11 is 0. The smallest absolute Gasteiger partial charge is 0.152 e. The fourth-order valence-electron chi connectivity index (χ4n) is 13.2. The first-order valence-corrected chi connectivity index (χ1v) is 15.7. The third kappa shape index (κ3) is 2.73. The van der Waals surface area contributed by atoms with Crippen LogP contribution in [0, 0.1) is 50.7 Å². The van der Waals surface area contributed by atoms with Crippen molar-refractivity contribution in [3.63, 3.8) is 0 Å². The first-order valence-electron chi connectivity index (χ1n) is 15.7. The summed E-state index contributed by atoms with van der Waals surface area (Å²) in [5.74, 6) is 1.80. The van der Waals surface area contributed by atoms with Crippen LogP contribution < -0.4 is 5.32 Å². The number of fused-ring (bicyclic) bond motifs is 4. The standard InChI is InChI=1S/C32H53NO5/c1-17-15-19(24(35)27(5,6)36)38-32-23(17)28(7)13-14-31-16-30(31)12-11-22(34)26(3,4)20(30)9-10-21(31)29(28,8)25(32)37-18(2)33-32/h17-25,33-36H,9-16H2,1-8H3/t17-,18?,19-,20+,21+,22+,23-,24+,25?,28-,29-,30-,31+,32?/m1/s1. The Kier molecular flexibility index (Phi) is 5.18. The van der Waals surface area contributed by atoms with Crippen LogP contribution in [0.2, 0.25) is 0 Å². The van der Waals surface area contributed by atoms with Gasteiger partial charge in [0.15, 0.2) is 5.72 Å². The summed E-state index contributed by atoms with van der Waals surface area (Å²) in [6, 6.07) is 0. The molecule has 5 saturated carbocycles. The van der Waals surface area contributed by atoms with Crippen molar-refractivity contribution >= 4 is 0 Å². The lowest BCUT2D eigenvalue weighted by atomic mass is 9.41. The van der Waals surface area contributed by atoms with Gasteiger partial charge in [-0.3, -0.25) is 5.32 Å². The Labute approximate surface area is 229 Å². The van der Waals surface area contributed by atoms with Gasteiger partial charge in [0, 0.05) is 11.3 Å². The number of rotatable bonds is 2. The lowest BCUT2D eigenvalue weighted by Crippen LogP contribution is -2.64. The van der Waals surface area contributed by atoms with E-state index in [1.807, 2.05) is 0 Å². The molecular weight excluding hydrogens is 478 g/mol. The van der Waals surface area contributed by atoms with Crippen LogP contribution in [-0.2, 0) is 9.47 Å². The molecule has 216 valence electrons. The summed E-state index contributed by atoms with van der Waals surface area (Å²) in [5.41, 5.74) is -1.17. The summed E-state index contributed by atoms with van der Waals surface area (Å²) in [5, 5.41) is 36.8. The molecule has 7 rings (SSSR count). The number of aliphatic hydroxyl groups excluding tert-OH is 2. The van der Waals surface area contributed by atoms with Gasteiger partial charge in [0.1, 0.15) is 18.4 Å². The molecule has 0 amide bonds. The van der Waals surface area contributed by atoms with E-state index in [-0.39, 0.29) is 40.6 Å². The second-order valence-electron chi connectivity index (χ2n) is 16.8. The van der Waals surface area contributed by atoms with E-state index in [0.29, 0.717) is 28.6 Å². The number of hydrogen-bond donors (Lipinski definition) is 4. The molecule has 2 saturated heterocycles. The van der Waals surface area contributed by atoms with E-state index in [9.17, 15) is 15.3 Å². The molecule has 0 aromatic carbocycles. The number of ether oxygens (including phenoxy) is 2. The molecule has 3 spiro atoms. The second kappa shape index (κ2) is 7.39. The minimum atomic E-state index is -1.23. The summed E-state index contributed by atoms with van der Waals surface area (Å²) in [7, 11) is 0. The van der Waals surface area contributed by atoms with Gasteiger partial charge in [-0.05, 0) is 112 Å². The van der Waals surface area contributed by atoms with Crippen LogP contribution in [0.1, 0.15) is 107 Å². The molecule has 7 fully saturated rings. The first kappa shape index (κ1) is 26.6. The van der Waals surface area contributed by atoms with Gasteiger partial charge in [-0.2, -0.15) is 0 Å². The molecule has 0 aromatic heterocycles. The van der Waals surface area contributed by atoms with Gasteiger partial charge < -0.3 is 24.8 Å². The Bertz CT molecular complexity index is 1030. The molecule has 38 heavy (non-hydrogen) atoms. The molecule has 2 aliphatic heterocycles. The van der Waals surface area contributed by atoms with E-state index >= 15 is 0 Å². The van der Waals surface area contributed by atoms with Crippen LogP contribution in [0.25, 0.3) is 0 Å². The largest absolute Gasteiger partial charge is 0.393 e. The summed E-state index contributed by atoms with van der Waals surface area (Å²) in [6.07, 6.45) is 7.28. The van der Waals surface area contributed by atoms with Crippen LogP contribution in [0.5, 0.6) is 0 Å². The van der Waals surface area contributed by atoms with Crippen LogP contribution in [0.4, 0.5) is 0 Å². The zero-order chi connectivity index (χ0) is 27.5. The zero-order valence-corrected chi connectivity index (χ0v) is 25.0. The fourth-order valence-corrected chi connectivity index (χ4v) is 13.2. The van der Waals surface area contributed by atoms with Crippen molar-refractivity contribution in [3.8, 4) is 0 Å². The molecule has 14 atom stereocenters. The lowest BCUT2D eigenvalue weighted by Gasteiger charge is -2.63. The molecule has 6 heteroatoms. The minimum Gasteiger partial charge on any atom is -0.393 e. The normalized spacial score (nSPS) is 61.0. The van der Waals surface area contributed by atoms with Crippen molar-refractivity contribution in [1.29, 1.82) is 0 Å². The maximum Gasteiger partial charge on any atom is 0.152 e. The predicted octanol–water partition coefficient (Wildman–Crippen LogP) is 4.59. The highest BCUT2D eigenvalue weighted by atomic mass is 16.6. The third-order valence-corrected chi connectivity index (χ3v) is 14.7. The number of nitrogens with one attached hydrogen (secondary N) is 1. The van der Waals surface area contributed by atoms with Crippen LogP contribution in [0.3, 0.4) is 0 Å². The van der Waals surface area contributed by atoms with Crippen molar-refractivity contribution in [2.45, 2.75) is 149 Å². The zero-order valence-electron chi connectivity index (χ0n) is 25.0. The Morgan fingerprint density at radius 3 is 2.29 bits per heavy atom. The van der Waals surface area contributed by atoms with Crippen molar-refractivity contribution in [1.82, 2.24) is 5.32 Å². The predicted molar refractivity (Wildman–Crippen MR) is 145 cm³/mol. The molecule has 0 bridgehead atoms. The van der Waals surface area contributed by atoms with Gasteiger partial charge in [0.25, 0.3) is 0 Å². The topological polar surface area (TPSA) is 91.2 Å². The van der Waals surface area contributed by atoms with Gasteiger partial charge in [-0.25, -0.2) is 0 Å². The second-order valence-corrected chi connectivity index (χ2v) is 16.8. The molecule has 0 radical (unpaired) electrons. The molecule has 0 aromatic rings. The molecule has 3 unspecified atom stereocenters. The van der Waals surface area contributed by atoms with Gasteiger partial charge in [-0.15, -0.1) is 0 Å². The SMILES string of the molecule is CC1NC23O[C@@H]([C@H](O)C(C)(C)O)C[C@@H](C)[C@@H]2[C@@]2(C)CC[C@@]45C[C@@]46CC[C@H](O)C(C)(C)[C@@H]6CC[C@H]5[C@]2(C)C3O1. The maximum atomic E-state index is 11.2. The summed E-state index contributed by atoms with van der Waals surface area (Å²) in [4.78, 5) is 0. The molecule has 7 aliphatic rings. The summed E-state index contributed by atoms with van der Waals surface area (Å²) < 4.78 is 14.0. The van der Waals surface area contributed by atoms with Gasteiger partial charge >= 0.3 is 0 Å². The van der Waals surface area contributed by atoms with E-state index in [1.54, 1.807) is 13.8 Å². The monoisotopic (exact) mass is 531 g/mol. The average Bonchev–Trinajstić information content (AvgIpc) is 3.32. The first-order chi connectivity index (χ1) is 17.5. The van der Waals surface area contributed by atoms with E-state index < -0.39 is 23.5 Å². The van der Waals surface area contributed by atoms with Gasteiger partial charge in [-0.1, -0.05) is 34.6 Å². The molecule has 4 N–H and O–H groups in total. The highest BCUT2D eigenvalue weighted by Crippen LogP contribution is 2.90. The Morgan fingerprint density at radius 2 is 1.61 bits per heavy atom. The van der Waals surface area contributed by atoms with Crippen LogP contribution in [0.15, 0.2) is 0 Å². The fraction of sp³-hybridized carbons (Fsp3) is 1.00. The lowest BCUT2D eigenvalue weighted by molar-refractivity contribution is -0.246. The van der Waals surface area contributed by atoms with E-state index in [4.69, 9.17) is 9.47 Å².